The Kier molecular flexibility index (Phi) is 4.32. The van der Waals surface area contributed by atoms with Crippen LogP contribution in [0.25, 0.3) is 0 Å². The van der Waals surface area contributed by atoms with E-state index in [1.165, 1.54) is 0 Å². The van der Waals surface area contributed by atoms with Gasteiger partial charge in [0.1, 0.15) is 11.4 Å². The van der Waals surface area contributed by atoms with Crippen LogP contribution in [0.4, 0.5) is 5.69 Å². The maximum atomic E-state index is 5.27. The molecule has 1 aromatic heterocycles. The number of benzene rings is 1. The summed E-state index contributed by atoms with van der Waals surface area (Å²) in [5, 5.41) is 11.6. The maximum absolute atomic E-state index is 5.27. The van der Waals surface area contributed by atoms with E-state index in [0.717, 1.165) is 21.6 Å². The summed E-state index contributed by atoms with van der Waals surface area (Å²) < 4.78 is 8.07. The van der Waals surface area contributed by atoms with Gasteiger partial charge in [-0.1, -0.05) is 5.21 Å². The first-order chi connectivity index (χ1) is 9.40. The number of anilines is 1. The zero-order valence-corrected chi connectivity index (χ0v) is 13.7. The summed E-state index contributed by atoms with van der Waals surface area (Å²) in [5.41, 5.74) is 1.84. The molecule has 0 bridgehead atoms. The smallest absolute Gasteiger partial charge is 0.135 e. The molecule has 0 spiro atoms. The Morgan fingerprint density at radius 3 is 2.70 bits per heavy atom. The molecule has 6 heteroatoms. The molecule has 0 saturated carbocycles. The number of nitrogens with one attached hydrogen (secondary N) is 1. The van der Waals surface area contributed by atoms with E-state index in [4.69, 9.17) is 4.74 Å². The second kappa shape index (κ2) is 5.83. The van der Waals surface area contributed by atoms with Crippen molar-refractivity contribution >= 4 is 21.6 Å². The Morgan fingerprint density at radius 1 is 1.35 bits per heavy atom. The molecule has 2 aromatic rings. The Balaban J connectivity index is 2.04. The fourth-order valence-electron chi connectivity index (χ4n) is 1.67. The molecule has 0 unspecified atom stereocenters. The van der Waals surface area contributed by atoms with Crippen LogP contribution in [0.5, 0.6) is 5.75 Å². The SMILES string of the molecule is COc1cc(NCc2cn(C(C)(C)C)nn2)ccc1Br. The van der Waals surface area contributed by atoms with Crippen molar-refractivity contribution in [3.8, 4) is 5.75 Å². The van der Waals surface area contributed by atoms with Gasteiger partial charge in [0.15, 0.2) is 0 Å². The fourth-order valence-corrected chi connectivity index (χ4v) is 2.08. The number of ether oxygens (including phenoxy) is 1. The number of halogens is 1. The van der Waals surface area contributed by atoms with Crippen LogP contribution in [-0.2, 0) is 12.1 Å². The maximum Gasteiger partial charge on any atom is 0.135 e. The van der Waals surface area contributed by atoms with Crippen LogP contribution in [0.3, 0.4) is 0 Å². The molecule has 1 heterocycles. The van der Waals surface area contributed by atoms with Gasteiger partial charge in [0.05, 0.1) is 29.9 Å². The van der Waals surface area contributed by atoms with E-state index in [0.29, 0.717) is 6.54 Å². The first-order valence-corrected chi connectivity index (χ1v) is 7.18. The summed E-state index contributed by atoms with van der Waals surface area (Å²) in [7, 11) is 1.65. The number of hydrogen-bond acceptors (Lipinski definition) is 4. The number of methoxy groups -OCH3 is 1. The lowest BCUT2D eigenvalue weighted by atomic mass is 10.1. The van der Waals surface area contributed by atoms with Gasteiger partial charge in [-0.25, -0.2) is 4.68 Å². The first-order valence-electron chi connectivity index (χ1n) is 6.39. The van der Waals surface area contributed by atoms with Crippen LogP contribution in [0.1, 0.15) is 26.5 Å². The minimum Gasteiger partial charge on any atom is -0.495 e. The summed E-state index contributed by atoms with van der Waals surface area (Å²) in [5.74, 6) is 0.799. The van der Waals surface area contributed by atoms with Gasteiger partial charge in [-0.15, -0.1) is 5.10 Å². The van der Waals surface area contributed by atoms with Crippen molar-refractivity contribution in [2.75, 3.05) is 12.4 Å². The van der Waals surface area contributed by atoms with E-state index in [1.807, 2.05) is 29.1 Å². The number of rotatable bonds is 4. The third-order valence-electron chi connectivity index (χ3n) is 2.85. The van der Waals surface area contributed by atoms with Gasteiger partial charge in [-0.3, -0.25) is 0 Å². The summed E-state index contributed by atoms with van der Waals surface area (Å²) in [4.78, 5) is 0. The highest BCUT2D eigenvalue weighted by Gasteiger charge is 2.14. The minimum atomic E-state index is -0.0495. The van der Waals surface area contributed by atoms with Crippen molar-refractivity contribution in [1.82, 2.24) is 15.0 Å². The summed E-state index contributed by atoms with van der Waals surface area (Å²) in [6.07, 6.45) is 1.96. The highest BCUT2D eigenvalue weighted by atomic mass is 79.9. The summed E-state index contributed by atoms with van der Waals surface area (Å²) in [6.45, 7) is 6.91. The summed E-state index contributed by atoms with van der Waals surface area (Å²) >= 11 is 3.43. The first kappa shape index (κ1) is 14.8. The molecule has 0 radical (unpaired) electrons. The Morgan fingerprint density at radius 2 is 2.10 bits per heavy atom. The van der Waals surface area contributed by atoms with Gasteiger partial charge in [0.2, 0.25) is 0 Å². The van der Waals surface area contributed by atoms with E-state index in [1.54, 1.807) is 7.11 Å². The van der Waals surface area contributed by atoms with Gasteiger partial charge in [0.25, 0.3) is 0 Å². The molecule has 1 aromatic carbocycles. The molecule has 1 N–H and O–H groups in total. The van der Waals surface area contributed by atoms with Crippen molar-refractivity contribution in [3.05, 3.63) is 34.6 Å². The predicted octanol–water partition coefficient (Wildman–Crippen LogP) is 3.42. The van der Waals surface area contributed by atoms with Crippen molar-refractivity contribution in [2.45, 2.75) is 32.9 Å². The van der Waals surface area contributed by atoms with Crippen molar-refractivity contribution in [1.29, 1.82) is 0 Å². The zero-order valence-electron chi connectivity index (χ0n) is 12.1. The third-order valence-corrected chi connectivity index (χ3v) is 3.51. The lowest BCUT2D eigenvalue weighted by Gasteiger charge is -2.17. The summed E-state index contributed by atoms with van der Waals surface area (Å²) in [6, 6.07) is 5.88. The molecule has 0 saturated heterocycles. The van der Waals surface area contributed by atoms with Gasteiger partial charge in [-0.2, -0.15) is 0 Å². The molecule has 0 atom stereocenters. The molecular formula is C14H19BrN4O. The van der Waals surface area contributed by atoms with Crippen molar-refractivity contribution in [2.24, 2.45) is 0 Å². The Hall–Kier alpha value is -1.56. The minimum absolute atomic E-state index is 0.0495. The van der Waals surface area contributed by atoms with Crippen LogP contribution in [-0.4, -0.2) is 22.1 Å². The lowest BCUT2D eigenvalue weighted by molar-refractivity contribution is 0.347. The Labute approximate surface area is 127 Å². The van der Waals surface area contributed by atoms with E-state index in [-0.39, 0.29) is 5.54 Å². The average Bonchev–Trinajstić information content (AvgIpc) is 2.86. The molecule has 0 aliphatic carbocycles. The van der Waals surface area contributed by atoms with Crippen molar-refractivity contribution < 1.29 is 4.74 Å². The van der Waals surface area contributed by atoms with Crippen LogP contribution < -0.4 is 10.1 Å². The van der Waals surface area contributed by atoms with Gasteiger partial charge in [0, 0.05) is 11.8 Å². The van der Waals surface area contributed by atoms with E-state index >= 15 is 0 Å². The van der Waals surface area contributed by atoms with Crippen LogP contribution >= 0.6 is 15.9 Å². The highest BCUT2D eigenvalue weighted by molar-refractivity contribution is 9.10. The quantitative estimate of drug-likeness (QED) is 0.927. The molecule has 0 fully saturated rings. The molecule has 2 rings (SSSR count). The fraction of sp³-hybridized carbons (Fsp3) is 0.429. The molecule has 0 aliphatic heterocycles. The number of aromatic nitrogens is 3. The molecule has 0 amide bonds. The molecular weight excluding hydrogens is 320 g/mol. The van der Waals surface area contributed by atoms with Crippen molar-refractivity contribution in [3.63, 3.8) is 0 Å². The second-order valence-electron chi connectivity index (χ2n) is 5.53. The molecule has 5 nitrogen and oxygen atoms in total. The predicted molar refractivity (Wildman–Crippen MR) is 83.0 cm³/mol. The standard InChI is InChI=1S/C14H19BrN4O/c1-14(2,3)19-9-11(17-18-19)8-16-10-5-6-12(15)13(7-10)20-4/h5-7,9,16H,8H2,1-4H3. The monoisotopic (exact) mass is 338 g/mol. The van der Waals surface area contributed by atoms with E-state index < -0.39 is 0 Å². The number of hydrogen-bond donors (Lipinski definition) is 1. The number of nitrogens with zero attached hydrogens (tertiary/aromatic N) is 3. The molecule has 108 valence electrons. The van der Waals surface area contributed by atoms with Crippen LogP contribution in [0.2, 0.25) is 0 Å². The third kappa shape index (κ3) is 3.50. The van der Waals surface area contributed by atoms with Crippen LogP contribution in [0.15, 0.2) is 28.9 Å². The average molecular weight is 339 g/mol. The molecule has 0 aliphatic rings. The van der Waals surface area contributed by atoms with Crippen LogP contribution in [0, 0.1) is 0 Å². The van der Waals surface area contributed by atoms with Gasteiger partial charge < -0.3 is 10.1 Å². The largest absolute Gasteiger partial charge is 0.495 e. The van der Waals surface area contributed by atoms with Gasteiger partial charge in [-0.05, 0) is 48.8 Å². The van der Waals surface area contributed by atoms with Gasteiger partial charge >= 0.3 is 0 Å². The Bertz CT molecular complexity index is 589. The lowest BCUT2D eigenvalue weighted by Crippen LogP contribution is -2.22. The topological polar surface area (TPSA) is 52.0 Å². The van der Waals surface area contributed by atoms with E-state index in [2.05, 4.69) is 52.3 Å². The normalized spacial score (nSPS) is 11.4. The second-order valence-corrected chi connectivity index (χ2v) is 6.38. The van der Waals surface area contributed by atoms with E-state index in [9.17, 15) is 0 Å². The zero-order chi connectivity index (χ0) is 14.8. The molecule has 20 heavy (non-hydrogen) atoms. The highest BCUT2D eigenvalue weighted by Crippen LogP contribution is 2.28.